The lowest BCUT2D eigenvalue weighted by Gasteiger charge is -2.03. The van der Waals surface area contributed by atoms with Crippen molar-refractivity contribution in [2.75, 3.05) is 5.32 Å². The van der Waals surface area contributed by atoms with Gasteiger partial charge in [0.15, 0.2) is 0 Å². The third-order valence-corrected chi connectivity index (χ3v) is 1.96. The summed E-state index contributed by atoms with van der Waals surface area (Å²) in [7, 11) is 1.57. The second-order valence-corrected chi connectivity index (χ2v) is 3.06. The van der Waals surface area contributed by atoms with Crippen molar-refractivity contribution in [2.24, 2.45) is 7.05 Å². The van der Waals surface area contributed by atoms with Crippen LogP contribution in [0.1, 0.15) is 10.4 Å². The molecule has 16 heavy (non-hydrogen) atoms. The lowest BCUT2D eigenvalue weighted by Crippen LogP contribution is -2.16. The molecule has 1 N–H and O–H groups in total. The zero-order valence-corrected chi connectivity index (χ0v) is 8.38. The minimum Gasteiger partial charge on any atom is -0.289 e. The Hall–Kier alpha value is -2.31. The molecule has 0 fully saturated rings. The summed E-state index contributed by atoms with van der Waals surface area (Å²) in [6.45, 7) is 0. The second-order valence-electron chi connectivity index (χ2n) is 3.06. The number of amides is 1. The number of hydrogen-bond acceptors (Lipinski definition) is 4. The fraction of sp³-hybridized carbons (Fsp3) is 0.111. The van der Waals surface area contributed by atoms with Crippen molar-refractivity contribution in [3.8, 4) is 0 Å². The van der Waals surface area contributed by atoms with E-state index in [-0.39, 0.29) is 11.5 Å². The first-order chi connectivity index (χ1) is 7.68. The van der Waals surface area contributed by atoms with E-state index in [1.165, 1.54) is 22.9 Å². The highest BCUT2D eigenvalue weighted by Gasteiger charge is 2.13. The maximum atomic E-state index is 13.2. The molecule has 0 atom stereocenters. The third kappa shape index (κ3) is 1.88. The molecule has 0 aliphatic rings. The van der Waals surface area contributed by atoms with E-state index in [0.29, 0.717) is 0 Å². The number of rotatable bonds is 2. The maximum absolute atomic E-state index is 13.2. The summed E-state index contributed by atoms with van der Waals surface area (Å²) < 4.78 is 14.5. The van der Waals surface area contributed by atoms with Crippen LogP contribution in [0.5, 0.6) is 0 Å². The monoisotopic (exact) mass is 221 g/mol. The summed E-state index contributed by atoms with van der Waals surface area (Å²) in [5.41, 5.74) is -0.0505. The van der Waals surface area contributed by atoms with Crippen LogP contribution in [0, 0.1) is 5.82 Å². The number of anilines is 1. The molecule has 0 saturated heterocycles. The topological polar surface area (TPSA) is 72.7 Å². The van der Waals surface area contributed by atoms with Crippen LogP contribution in [-0.2, 0) is 7.05 Å². The fourth-order valence-corrected chi connectivity index (χ4v) is 1.15. The normalized spacial score (nSPS) is 10.1. The van der Waals surface area contributed by atoms with Gasteiger partial charge in [0.25, 0.3) is 5.91 Å². The van der Waals surface area contributed by atoms with E-state index >= 15 is 0 Å². The first-order valence-electron chi connectivity index (χ1n) is 4.46. The number of aromatic nitrogens is 4. The number of halogens is 1. The Balaban J connectivity index is 2.22. The van der Waals surface area contributed by atoms with Crippen molar-refractivity contribution in [2.45, 2.75) is 0 Å². The van der Waals surface area contributed by atoms with Gasteiger partial charge in [0, 0.05) is 7.05 Å². The van der Waals surface area contributed by atoms with Crippen LogP contribution in [0.15, 0.2) is 24.3 Å². The lowest BCUT2D eigenvalue weighted by atomic mass is 10.2. The molecule has 2 aromatic rings. The summed E-state index contributed by atoms with van der Waals surface area (Å²) in [6.07, 6.45) is 0. The number of hydrogen-bond donors (Lipinski definition) is 1. The number of carbonyl (C=O) groups excluding carboxylic acids is 1. The molecular weight excluding hydrogens is 213 g/mol. The van der Waals surface area contributed by atoms with Gasteiger partial charge in [0.1, 0.15) is 5.82 Å². The number of tetrazole rings is 1. The Morgan fingerprint density at radius 2 is 2.19 bits per heavy atom. The molecule has 7 heteroatoms. The lowest BCUT2D eigenvalue weighted by molar-refractivity contribution is 0.102. The molecule has 1 heterocycles. The molecule has 0 radical (unpaired) electrons. The molecule has 0 aliphatic heterocycles. The van der Waals surface area contributed by atoms with E-state index < -0.39 is 11.7 Å². The molecular formula is C9H8FN5O. The van der Waals surface area contributed by atoms with Crippen molar-refractivity contribution in [3.05, 3.63) is 35.6 Å². The van der Waals surface area contributed by atoms with Crippen molar-refractivity contribution in [1.29, 1.82) is 0 Å². The van der Waals surface area contributed by atoms with Gasteiger partial charge in [-0.15, -0.1) is 0 Å². The van der Waals surface area contributed by atoms with Crippen molar-refractivity contribution in [1.82, 2.24) is 20.2 Å². The van der Waals surface area contributed by atoms with Gasteiger partial charge in [-0.05, 0) is 22.6 Å². The highest BCUT2D eigenvalue weighted by molar-refractivity contribution is 6.03. The summed E-state index contributed by atoms with van der Waals surface area (Å²) >= 11 is 0. The average molecular weight is 221 g/mol. The highest BCUT2D eigenvalue weighted by atomic mass is 19.1. The molecule has 82 valence electrons. The summed E-state index contributed by atoms with van der Waals surface area (Å²) in [4.78, 5) is 11.6. The van der Waals surface area contributed by atoms with Crippen molar-refractivity contribution in [3.63, 3.8) is 0 Å². The van der Waals surface area contributed by atoms with Crippen LogP contribution in [-0.4, -0.2) is 26.1 Å². The van der Waals surface area contributed by atoms with Crippen LogP contribution in [0.2, 0.25) is 0 Å². The number of nitrogens with zero attached hydrogens (tertiary/aromatic N) is 4. The van der Waals surface area contributed by atoms with Gasteiger partial charge >= 0.3 is 0 Å². The quantitative estimate of drug-likeness (QED) is 0.806. The molecule has 1 aromatic carbocycles. The van der Waals surface area contributed by atoms with E-state index in [9.17, 15) is 9.18 Å². The van der Waals surface area contributed by atoms with Crippen LogP contribution >= 0.6 is 0 Å². The van der Waals surface area contributed by atoms with Gasteiger partial charge in [-0.3, -0.25) is 10.1 Å². The van der Waals surface area contributed by atoms with Gasteiger partial charge in [-0.1, -0.05) is 17.2 Å². The van der Waals surface area contributed by atoms with Crippen molar-refractivity contribution >= 4 is 11.9 Å². The average Bonchev–Trinajstić information content (AvgIpc) is 2.65. The molecule has 2 rings (SSSR count). The Labute approximate surface area is 90.1 Å². The predicted octanol–water partition coefficient (Wildman–Crippen LogP) is 0.601. The Bertz CT molecular complexity index is 524. The molecule has 0 aliphatic carbocycles. The first-order valence-corrected chi connectivity index (χ1v) is 4.46. The van der Waals surface area contributed by atoms with Gasteiger partial charge in [-0.2, -0.15) is 0 Å². The van der Waals surface area contributed by atoms with E-state index in [4.69, 9.17) is 0 Å². The molecule has 0 bridgehead atoms. The summed E-state index contributed by atoms with van der Waals surface area (Å²) in [5.74, 6) is -1.01. The first kappa shape index (κ1) is 10.2. The van der Waals surface area contributed by atoms with Gasteiger partial charge in [0.05, 0.1) is 5.56 Å². The van der Waals surface area contributed by atoms with E-state index in [1.54, 1.807) is 13.1 Å². The second kappa shape index (κ2) is 4.05. The zero-order valence-electron chi connectivity index (χ0n) is 8.38. The van der Waals surface area contributed by atoms with Crippen LogP contribution in [0.3, 0.4) is 0 Å². The van der Waals surface area contributed by atoms with E-state index in [1.807, 2.05) is 0 Å². The fourth-order valence-electron chi connectivity index (χ4n) is 1.15. The molecule has 1 aromatic heterocycles. The molecule has 0 spiro atoms. The molecule has 1 amide bonds. The number of nitrogens with one attached hydrogen (secondary N) is 1. The number of carbonyl (C=O) groups is 1. The Morgan fingerprint density at radius 1 is 1.44 bits per heavy atom. The smallest absolute Gasteiger partial charge is 0.261 e. The Kier molecular flexibility index (Phi) is 2.59. The molecule has 6 nitrogen and oxygen atoms in total. The predicted molar refractivity (Wildman–Crippen MR) is 53.2 cm³/mol. The summed E-state index contributed by atoms with van der Waals surface area (Å²) in [5, 5.41) is 12.8. The number of aryl methyl sites for hydroxylation is 1. The van der Waals surface area contributed by atoms with Crippen LogP contribution < -0.4 is 5.32 Å². The standard InChI is InChI=1S/C9H8FN5O/c1-15-9(12-13-14-15)11-8(16)6-4-2-3-5-7(6)10/h2-5H,1H3,(H,11,12,14,16). The van der Waals surface area contributed by atoms with E-state index in [0.717, 1.165) is 0 Å². The van der Waals surface area contributed by atoms with Gasteiger partial charge < -0.3 is 0 Å². The minimum atomic E-state index is -0.588. The zero-order chi connectivity index (χ0) is 11.5. The van der Waals surface area contributed by atoms with Crippen LogP contribution in [0.4, 0.5) is 10.3 Å². The molecule has 0 saturated carbocycles. The SMILES string of the molecule is Cn1nnnc1NC(=O)c1ccccc1F. The van der Waals surface area contributed by atoms with Crippen LogP contribution in [0.25, 0.3) is 0 Å². The molecule has 0 unspecified atom stereocenters. The minimum absolute atomic E-state index is 0.0505. The summed E-state index contributed by atoms with van der Waals surface area (Å²) in [6, 6.07) is 5.68. The van der Waals surface area contributed by atoms with Crippen molar-refractivity contribution < 1.29 is 9.18 Å². The maximum Gasteiger partial charge on any atom is 0.261 e. The van der Waals surface area contributed by atoms with E-state index in [2.05, 4.69) is 20.8 Å². The highest BCUT2D eigenvalue weighted by Crippen LogP contribution is 2.08. The largest absolute Gasteiger partial charge is 0.289 e. The Morgan fingerprint density at radius 3 is 2.81 bits per heavy atom. The van der Waals surface area contributed by atoms with Gasteiger partial charge in [0.2, 0.25) is 5.95 Å². The number of benzene rings is 1. The van der Waals surface area contributed by atoms with Gasteiger partial charge in [-0.25, -0.2) is 9.07 Å². The third-order valence-electron chi connectivity index (χ3n) is 1.96.